The van der Waals surface area contributed by atoms with Gasteiger partial charge in [-0.2, -0.15) is 0 Å². The Bertz CT molecular complexity index is 460. The van der Waals surface area contributed by atoms with Crippen molar-refractivity contribution in [2.45, 2.75) is 32.1 Å². The number of β-amino-alcohol motifs (C(OH)–C–C–N with tert-alkyl or cyclic N) is 1. The Morgan fingerprint density at radius 3 is 2.68 bits per heavy atom. The molecule has 1 aliphatic rings. The van der Waals surface area contributed by atoms with Crippen LogP contribution in [0.2, 0.25) is 0 Å². The Morgan fingerprint density at radius 2 is 2.05 bits per heavy atom. The van der Waals surface area contributed by atoms with E-state index >= 15 is 0 Å². The van der Waals surface area contributed by atoms with Crippen molar-refractivity contribution in [2.24, 2.45) is 0 Å². The third-order valence-electron chi connectivity index (χ3n) is 3.19. The number of nitrogens with zero attached hydrogens (tertiary/aromatic N) is 1. The average molecular weight is 263 g/mol. The van der Waals surface area contributed by atoms with Crippen LogP contribution in [0.15, 0.2) is 30.3 Å². The standard InChI is InChI=1S/C14H17NO4/c1-10(16)13-7-12(17)8-15(13)14(18)19-9-11-5-3-2-4-6-11/h2-6,12-13,17H,7-9H2,1H3/t12-,13-/m1/s1. The van der Waals surface area contributed by atoms with Crippen molar-refractivity contribution in [3.8, 4) is 0 Å². The van der Waals surface area contributed by atoms with Crippen LogP contribution in [-0.4, -0.2) is 40.6 Å². The maximum atomic E-state index is 11.9. The number of aliphatic hydroxyl groups is 1. The second-order valence-corrected chi connectivity index (χ2v) is 4.71. The Labute approximate surface area is 111 Å². The maximum absolute atomic E-state index is 11.9. The molecular formula is C14H17NO4. The summed E-state index contributed by atoms with van der Waals surface area (Å²) in [7, 11) is 0. The summed E-state index contributed by atoms with van der Waals surface area (Å²) in [6, 6.07) is 8.75. The molecule has 0 spiro atoms. The summed E-state index contributed by atoms with van der Waals surface area (Å²) < 4.78 is 5.16. The Hall–Kier alpha value is -1.88. The van der Waals surface area contributed by atoms with Gasteiger partial charge in [-0.1, -0.05) is 30.3 Å². The van der Waals surface area contributed by atoms with Crippen molar-refractivity contribution in [3.63, 3.8) is 0 Å². The van der Waals surface area contributed by atoms with Gasteiger partial charge in [-0.3, -0.25) is 9.69 Å². The van der Waals surface area contributed by atoms with Gasteiger partial charge in [0.2, 0.25) is 0 Å². The molecule has 1 aromatic rings. The van der Waals surface area contributed by atoms with E-state index in [2.05, 4.69) is 0 Å². The van der Waals surface area contributed by atoms with Crippen molar-refractivity contribution < 1.29 is 19.4 Å². The van der Waals surface area contributed by atoms with Gasteiger partial charge in [0.25, 0.3) is 0 Å². The van der Waals surface area contributed by atoms with Crippen LogP contribution in [0.1, 0.15) is 18.9 Å². The van der Waals surface area contributed by atoms with Crippen LogP contribution in [0.3, 0.4) is 0 Å². The van der Waals surface area contributed by atoms with Crippen molar-refractivity contribution in [2.75, 3.05) is 6.54 Å². The van der Waals surface area contributed by atoms with Gasteiger partial charge in [-0.25, -0.2) is 4.79 Å². The topological polar surface area (TPSA) is 66.8 Å². The highest BCUT2D eigenvalue weighted by atomic mass is 16.6. The molecule has 0 aliphatic carbocycles. The number of ether oxygens (including phenoxy) is 1. The van der Waals surface area contributed by atoms with Crippen LogP contribution in [0.25, 0.3) is 0 Å². The summed E-state index contributed by atoms with van der Waals surface area (Å²) in [5.74, 6) is -0.131. The third-order valence-corrected chi connectivity index (χ3v) is 3.19. The number of Topliss-reactive ketones (excluding diaryl/α,β-unsaturated/α-hetero) is 1. The van der Waals surface area contributed by atoms with Gasteiger partial charge < -0.3 is 9.84 Å². The molecule has 0 unspecified atom stereocenters. The van der Waals surface area contributed by atoms with E-state index in [9.17, 15) is 14.7 Å². The number of ketones is 1. The minimum absolute atomic E-state index is 0.131. The van der Waals surface area contributed by atoms with Gasteiger partial charge in [0, 0.05) is 6.42 Å². The smallest absolute Gasteiger partial charge is 0.410 e. The average Bonchev–Trinajstić information content (AvgIpc) is 2.79. The summed E-state index contributed by atoms with van der Waals surface area (Å²) in [6.45, 7) is 1.73. The molecule has 1 saturated heterocycles. The first-order chi connectivity index (χ1) is 9.08. The number of rotatable bonds is 3. The molecule has 1 N–H and O–H groups in total. The van der Waals surface area contributed by atoms with E-state index in [-0.39, 0.29) is 25.4 Å². The number of likely N-dealkylation sites (tertiary alicyclic amines) is 1. The van der Waals surface area contributed by atoms with Gasteiger partial charge in [0.1, 0.15) is 6.61 Å². The van der Waals surface area contributed by atoms with Crippen LogP contribution in [-0.2, 0) is 16.1 Å². The second kappa shape index (κ2) is 5.84. The van der Waals surface area contributed by atoms with Crippen LogP contribution >= 0.6 is 0 Å². The molecule has 19 heavy (non-hydrogen) atoms. The summed E-state index contributed by atoms with van der Waals surface area (Å²) in [6.07, 6.45) is -0.922. The zero-order valence-electron chi connectivity index (χ0n) is 10.8. The lowest BCUT2D eigenvalue weighted by Gasteiger charge is -2.21. The van der Waals surface area contributed by atoms with Gasteiger partial charge in [-0.15, -0.1) is 0 Å². The molecule has 1 heterocycles. The zero-order chi connectivity index (χ0) is 13.8. The van der Waals surface area contributed by atoms with Crippen molar-refractivity contribution in [1.29, 1.82) is 0 Å². The number of carbonyl (C=O) groups is 2. The van der Waals surface area contributed by atoms with E-state index in [0.717, 1.165) is 5.56 Å². The molecule has 1 fully saturated rings. The van der Waals surface area contributed by atoms with E-state index in [1.807, 2.05) is 30.3 Å². The van der Waals surface area contributed by atoms with Crippen LogP contribution in [0, 0.1) is 0 Å². The lowest BCUT2D eigenvalue weighted by molar-refractivity contribution is -0.120. The van der Waals surface area contributed by atoms with E-state index in [0.29, 0.717) is 0 Å². The second-order valence-electron chi connectivity index (χ2n) is 4.71. The van der Waals surface area contributed by atoms with Crippen molar-refractivity contribution in [1.82, 2.24) is 4.90 Å². The molecule has 1 amide bonds. The highest BCUT2D eigenvalue weighted by molar-refractivity contribution is 5.86. The molecular weight excluding hydrogens is 246 g/mol. The molecule has 5 nitrogen and oxygen atoms in total. The van der Waals surface area contributed by atoms with Crippen molar-refractivity contribution >= 4 is 11.9 Å². The maximum Gasteiger partial charge on any atom is 0.410 e. The highest BCUT2D eigenvalue weighted by Crippen LogP contribution is 2.20. The summed E-state index contributed by atoms with van der Waals surface area (Å²) in [5.41, 5.74) is 0.884. The van der Waals surface area contributed by atoms with Crippen LogP contribution < -0.4 is 0 Å². The minimum atomic E-state index is -0.654. The number of aliphatic hydroxyl groups excluding tert-OH is 1. The lowest BCUT2D eigenvalue weighted by atomic mass is 10.1. The Morgan fingerprint density at radius 1 is 1.37 bits per heavy atom. The molecule has 1 aliphatic heterocycles. The van der Waals surface area contributed by atoms with E-state index < -0.39 is 18.2 Å². The van der Waals surface area contributed by atoms with Crippen LogP contribution in [0.5, 0.6) is 0 Å². The molecule has 2 rings (SSSR count). The summed E-state index contributed by atoms with van der Waals surface area (Å²) in [5, 5.41) is 9.55. The number of benzene rings is 1. The normalized spacial score (nSPS) is 22.3. The monoisotopic (exact) mass is 263 g/mol. The fourth-order valence-corrected chi connectivity index (χ4v) is 2.20. The lowest BCUT2D eigenvalue weighted by Crippen LogP contribution is -2.40. The molecule has 0 radical (unpaired) electrons. The largest absolute Gasteiger partial charge is 0.445 e. The molecule has 1 aromatic carbocycles. The molecule has 0 bridgehead atoms. The number of carbonyl (C=O) groups excluding carboxylic acids is 2. The quantitative estimate of drug-likeness (QED) is 0.893. The van der Waals surface area contributed by atoms with E-state index in [4.69, 9.17) is 4.74 Å². The predicted octanol–water partition coefficient (Wildman–Crippen LogP) is 1.35. The minimum Gasteiger partial charge on any atom is -0.445 e. The first kappa shape index (κ1) is 13.5. The molecule has 5 heteroatoms. The Balaban J connectivity index is 1.94. The summed E-state index contributed by atoms with van der Waals surface area (Å²) >= 11 is 0. The fourth-order valence-electron chi connectivity index (χ4n) is 2.20. The third kappa shape index (κ3) is 3.32. The first-order valence-corrected chi connectivity index (χ1v) is 6.23. The van der Waals surface area contributed by atoms with E-state index in [1.165, 1.54) is 11.8 Å². The van der Waals surface area contributed by atoms with Gasteiger partial charge >= 0.3 is 6.09 Å². The summed E-state index contributed by atoms with van der Waals surface area (Å²) in [4.78, 5) is 24.6. The SMILES string of the molecule is CC(=O)[C@H]1C[C@@H](O)CN1C(=O)OCc1ccccc1. The number of amides is 1. The fraction of sp³-hybridized carbons (Fsp3) is 0.429. The molecule has 2 atom stereocenters. The van der Waals surface area contributed by atoms with Gasteiger partial charge in [-0.05, 0) is 12.5 Å². The predicted molar refractivity (Wildman–Crippen MR) is 68.4 cm³/mol. The van der Waals surface area contributed by atoms with Crippen molar-refractivity contribution in [3.05, 3.63) is 35.9 Å². The molecule has 102 valence electrons. The highest BCUT2D eigenvalue weighted by Gasteiger charge is 2.37. The molecule has 0 aromatic heterocycles. The number of hydrogen-bond acceptors (Lipinski definition) is 4. The van der Waals surface area contributed by atoms with Gasteiger partial charge in [0.15, 0.2) is 5.78 Å². The van der Waals surface area contributed by atoms with Gasteiger partial charge in [0.05, 0.1) is 18.7 Å². The van der Waals surface area contributed by atoms with Crippen LogP contribution in [0.4, 0.5) is 4.79 Å². The number of hydrogen-bond donors (Lipinski definition) is 1. The van der Waals surface area contributed by atoms with E-state index in [1.54, 1.807) is 0 Å². The zero-order valence-corrected chi connectivity index (χ0v) is 10.8. The Kier molecular flexibility index (Phi) is 4.16. The first-order valence-electron chi connectivity index (χ1n) is 6.23. The molecule has 0 saturated carbocycles.